The molecule has 1 unspecified atom stereocenters. The molecule has 1 saturated carbocycles. The average molecular weight is 273 g/mol. The van der Waals surface area contributed by atoms with Crippen LogP contribution in [0, 0.1) is 11.8 Å². The van der Waals surface area contributed by atoms with Crippen molar-refractivity contribution in [3.8, 4) is 0 Å². The van der Waals surface area contributed by atoms with E-state index >= 15 is 0 Å². The largest absolute Gasteiger partial charge is 0.324 e. The van der Waals surface area contributed by atoms with Gasteiger partial charge in [-0.3, -0.25) is 0 Å². The van der Waals surface area contributed by atoms with Crippen molar-refractivity contribution in [1.29, 1.82) is 0 Å². The van der Waals surface area contributed by atoms with Crippen LogP contribution in [-0.2, 0) is 5.41 Å². The molecule has 0 spiro atoms. The topological polar surface area (TPSA) is 26.0 Å². The van der Waals surface area contributed by atoms with E-state index in [1.807, 2.05) is 0 Å². The zero-order chi connectivity index (χ0) is 14.8. The lowest BCUT2D eigenvalue weighted by Crippen LogP contribution is -2.28. The molecule has 20 heavy (non-hydrogen) atoms. The first-order valence-electron chi connectivity index (χ1n) is 8.28. The van der Waals surface area contributed by atoms with Crippen molar-refractivity contribution in [2.45, 2.75) is 71.3 Å². The van der Waals surface area contributed by atoms with Gasteiger partial charge in [0.05, 0.1) is 0 Å². The van der Waals surface area contributed by atoms with Gasteiger partial charge in [-0.25, -0.2) is 0 Å². The first-order valence-corrected chi connectivity index (χ1v) is 8.28. The van der Waals surface area contributed by atoms with Crippen LogP contribution in [0.1, 0.15) is 77.0 Å². The first-order chi connectivity index (χ1) is 9.43. The van der Waals surface area contributed by atoms with Gasteiger partial charge < -0.3 is 5.73 Å². The molecule has 0 amide bonds. The summed E-state index contributed by atoms with van der Waals surface area (Å²) in [5, 5.41) is 0. The molecule has 0 aromatic heterocycles. The van der Waals surface area contributed by atoms with Crippen molar-refractivity contribution >= 4 is 0 Å². The molecule has 1 nitrogen and oxygen atoms in total. The fraction of sp³-hybridized carbons (Fsp3) is 0.684. The quantitative estimate of drug-likeness (QED) is 0.804. The minimum absolute atomic E-state index is 0.175. The summed E-state index contributed by atoms with van der Waals surface area (Å²) in [4.78, 5) is 0. The van der Waals surface area contributed by atoms with E-state index in [2.05, 4.69) is 52.0 Å². The number of nitrogens with two attached hydrogens (primary N) is 1. The van der Waals surface area contributed by atoms with Crippen LogP contribution in [0.4, 0.5) is 0 Å². The Morgan fingerprint density at radius 3 is 2.25 bits per heavy atom. The summed E-state index contributed by atoms with van der Waals surface area (Å²) in [5.74, 6) is 1.61. The third-order valence-electron chi connectivity index (χ3n) is 5.10. The minimum Gasteiger partial charge on any atom is -0.324 e. The van der Waals surface area contributed by atoms with Crippen molar-refractivity contribution in [2.75, 3.05) is 0 Å². The third-order valence-corrected chi connectivity index (χ3v) is 5.10. The second kappa shape index (κ2) is 6.30. The maximum Gasteiger partial charge on any atom is 0.0326 e. The summed E-state index contributed by atoms with van der Waals surface area (Å²) in [5.41, 5.74) is 9.63. The summed E-state index contributed by atoms with van der Waals surface area (Å²) >= 11 is 0. The van der Waals surface area contributed by atoms with E-state index in [9.17, 15) is 0 Å². The first kappa shape index (κ1) is 15.6. The van der Waals surface area contributed by atoms with Gasteiger partial charge >= 0.3 is 0 Å². The predicted octanol–water partition coefficient (Wildman–Crippen LogP) is 5.20. The molecule has 0 bridgehead atoms. The monoisotopic (exact) mass is 273 g/mol. The van der Waals surface area contributed by atoms with Crippen LogP contribution in [0.25, 0.3) is 0 Å². The van der Waals surface area contributed by atoms with E-state index < -0.39 is 0 Å². The molecule has 1 aliphatic rings. The molecule has 0 heterocycles. The molecule has 1 fully saturated rings. The molecule has 1 aliphatic carbocycles. The lowest BCUT2D eigenvalue weighted by molar-refractivity contribution is 0.239. The van der Waals surface area contributed by atoms with E-state index in [4.69, 9.17) is 5.73 Å². The van der Waals surface area contributed by atoms with Crippen molar-refractivity contribution in [3.05, 3.63) is 35.4 Å². The standard InChI is InChI=1S/C19H31N/c1-5-14-10-12-15(13-11-14)18(20)16-8-6-7-9-17(16)19(2,3)4/h6-9,14-15,18H,5,10-13,20H2,1-4H3. The molecule has 0 radical (unpaired) electrons. The molecule has 1 aromatic carbocycles. The zero-order valence-electron chi connectivity index (χ0n) is 13.7. The second-order valence-electron chi connectivity index (χ2n) is 7.55. The smallest absolute Gasteiger partial charge is 0.0326 e. The summed E-state index contributed by atoms with van der Waals surface area (Å²) < 4.78 is 0. The van der Waals surface area contributed by atoms with Gasteiger partial charge in [-0.2, -0.15) is 0 Å². The molecule has 1 aromatic rings. The van der Waals surface area contributed by atoms with Crippen LogP contribution in [0.2, 0.25) is 0 Å². The van der Waals surface area contributed by atoms with Crippen molar-refractivity contribution < 1.29 is 0 Å². The van der Waals surface area contributed by atoms with Crippen molar-refractivity contribution in [1.82, 2.24) is 0 Å². The minimum atomic E-state index is 0.175. The number of hydrogen-bond donors (Lipinski definition) is 1. The van der Waals surface area contributed by atoms with Gasteiger partial charge in [-0.1, -0.05) is 71.2 Å². The third kappa shape index (κ3) is 3.44. The lowest BCUT2D eigenvalue weighted by atomic mass is 9.73. The molecule has 112 valence electrons. The van der Waals surface area contributed by atoms with Gasteiger partial charge in [0.2, 0.25) is 0 Å². The number of rotatable bonds is 3. The van der Waals surface area contributed by atoms with E-state index in [1.165, 1.54) is 43.2 Å². The van der Waals surface area contributed by atoms with Crippen molar-refractivity contribution in [3.63, 3.8) is 0 Å². The van der Waals surface area contributed by atoms with Gasteiger partial charge in [0.25, 0.3) is 0 Å². The van der Waals surface area contributed by atoms with Gasteiger partial charge in [0.15, 0.2) is 0 Å². The fourth-order valence-electron chi connectivity index (χ4n) is 3.68. The number of benzene rings is 1. The van der Waals surface area contributed by atoms with Crippen LogP contribution in [0.15, 0.2) is 24.3 Å². The van der Waals surface area contributed by atoms with Crippen LogP contribution < -0.4 is 5.73 Å². The lowest BCUT2D eigenvalue weighted by Gasteiger charge is -2.34. The van der Waals surface area contributed by atoms with E-state index in [1.54, 1.807) is 0 Å². The molecule has 0 aliphatic heterocycles. The Kier molecular flexibility index (Phi) is 4.90. The molecular weight excluding hydrogens is 242 g/mol. The molecule has 0 saturated heterocycles. The molecule has 2 N–H and O–H groups in total. The highest BCUT2D eigenvalue weighted by Gasteiger charge is 2.28. The highest BCUT2D eigenvalue weighted by Crippen LogP contribution is 2.39. The second-order valence-corrected chi connectivity index (χ2v) is 7.55. The highest BCUT2D eigenvalue weighted by atomic mass is 14.7. The maximum absolute atomic E-state index is 6.65. The Hall–Kier alpha value is -0.820. The van der Waals surface area contributed by atoms with Crippen LogP contribution in [-0.4, -0.2) is 0 Å². The molecular formula is C19H31N. The molecule has 1 atom stereocenters. The summed E-state index contributed by atoms with van der Waals surface area (Å²) in [7, 11) is 0. The van der Waals surface area contributed by atoms with Gasteiger partial charge in [-0.05, 0) is 41.2 Å². The van der Waals surface area contributed by atoms with Crippen LogP contribution >= 0.6 is 0 Å². The van der Waals surface area contributed by atoms with Crippen LogP contribution in [0.5, 0.6) is 0 Å². The predicted molar refractivity (Wildman–Crippen MR) is 87.8 cm³/mol. The maximum atomic E-state index is 6.65. The molecule has 2 rings (SSSR count). The van der Waals surface area contributed by atoms with E-state index in [-0.39, 0.29) is 11.5 Å². The van der Waals surface area contributed by atoms with E-state index in [0.29, 0.717) is 5.92 Å². The normalized spacial score (nSPS) is 25.4. The van der Waals surface area contributed by atoms with Crippen molar-refractivity contribution in [2.24, 2.45) is 17.6 Å². The summed E-state index contributed by atoms with van der Waals surface area (Å²) in [6.07, 6.45) is 6.68. The van der Waals surface area contributed by atoms with Gasteiger partial charge in [-0.15, -0.1) is 0 Å². The van der Waals surface area contributed by atoms with Gasteiger partial charge in [0, 0.05) is 6.04 Å². The average Bonchev–Trinajstić information content (AvgIpc) is 2.46. The van der Waals surface area contributed by atoms with Crippen LogP contribution in [0.3, 0.4) is 0 Å². The highest BCUT2D eigenvalue weighted by molar-refractivity contribution is 5.35. The SMILES string of the molecule is CCC1CCC(C(N)c2ccccc2C(C)(C)C)CC1. The Balaban J connectivity index is 2.16. The van der Waals surface area contributed by atoms with E-state index in [0.717, 1.165) is 5.92 Å². The fourth-order valence-corrected chi connectivity index (χ4v) is 3.68. The summed E-state index contributed by atoms with van der Waals surface area (Å²) in [6.45, 7) is 9.17. The van der Waals surface area contributed by atoms with Gasteiger partial charge in [0.1, 0.15) is 0 Å². The zero-order valence-corrected chi connectivity index (χ0v) is 13.7. The Bertz CT molecular complexity index is 422. The summed E-state index contributed by atoms with van der Waals surface area (Å²) in [6, 6.07) is 9.00. The molecule has 1 heteroatoms. The Morgan fingerprint density at radius 2 is 1.70 bits per heavy atom. The number of hydrogen-bond acceptors (Lipinski definition) is 1. The Morgan fingerprint density at radius 1 is 1.10 bits per heavy atom. The Labute approximate surface area is 125 Å².